The Morgan fingerprint density at radius 2 is 1.87 bits per heavy atom. The quantitative estimate of drug-likeness (QED) is 0.446. The number of aromatic nitrogens is 4. The number of methoxy groups -OCH3 is 1. The molecule has 0 bridgehead atoms. The maximum absolute atomic E-state index is 13.0. The normalized spacial score (nSPS) is 10.6. The molecule has 0 aliphatic carbocycles. The van der Waals surface area contributed by atoms with Gasteiger partial charge in [0, 0.05) is 29.4 Å². The third-order valence-electron chi connectivity index (χ3n) is 4.75. The van der Waals surface area contributed by atoms with Crippen LogP contribution in [0.2, 0.25) is 0 Å². The van der Waals surface area contributed by atoms with Crippen LogP contribution in [0.5, 0.6) is 5.75 Å². The zero-order chi connectivity index (χ0) is 21.6. The summed E-state index contributed by atoms with van der Waals surface area (Å²) in [6.07, 6.45) is 5.41. The second-order valence-corrected chi connectivity index (χ2v) is 7.55. The zero-order valence-corrected chi connectivity index (χ0v) is 18.0. The van der Waals surface area contributed by atoms with E-state index in [-0.39, 0.29) is 11.6 Å². The molecule has 4 aromatic rings. The number of pyridine rings is 1. The van der Waals surface area contributed by atoms with Gasteiger partial charge in [-0.25, -0.2) is 4.68 Å². The minimum atomic E-state index is -0.304. The van der Waals surface area contributed by atoms with Crippen LogP contribution in [0.3, 0.4) is 0 Å². The topological polar surface area (TPSA) is 81.9 Å². The van der Waals surface area contributed by atoms with E-state index >= 15 is 0 Å². The van der Waals surface area contributed by atoms with Crippen LogP contribution < -0.4 is 10.1 Å². The van der Waals surface area contributed by atoms with E-state index in [1.165, 1.54) is 0 Å². The van der Waals surface area contributed by atoms with Crippen molar-refractivity contribution >= 4 is 17.7 Å². The van der Waals surface area contributed by atoms with Crippen molar-refractivity contribution in [2.24, 2.45) is 0 Å². The molecule has 2 aromatic carbocycles. The molecule has 1 N–H and O–H groups in total. The molecule has 0 fully saturated rings. The highest BCUT2D eigenvalue weighted by molar-refractivity contribution is 7.98. The molecule has 0 radical (unpaired) electrons. The first-order chi connectivity index (χ1) is 15.2. The molecule has 2 aromatic heterocycles. The summed E-state index contributed by atoms with van der Waals surface area (Å²) in [4.78, 5) is 18.3. The summed E-state index contributed by atoms with van der Waals surface area (Å²) in [5.41, 5.74) is 3.37. The van der Waals surface area contributed by atoms with Crippen molar-refractivity contribution in [3.63, 3.8) is 0 Å². The number of nitrogens with zero attached hydrogens (tertiary/aromatic N) is 4. The second kappa shape index (κ2) is 9.44. The van der Waals surface area contributed by atoms with Crippen LogP contribution in [0, 0.1) is 0 Å². The molecule has 1 amide bonds. The average molecular weight is 432 g/mol. The summed E-state index contributed by atoms with van der Waals surface area (Å²) >= 11 is 1.66. The highest BCUT2D eigenvalue weighted by Gasteiger charge is 2.22. The third kappa shape index (κ3) is 4.59. The molecule has 156 valence electrons. The van der Waals surface area contributed by atoms with E-state index in [0.717, 1.165) is 27.5 Å². The minimum Gasteiger partial charge on any atom is -0.497 e. The first-order valence-corrected chi connectivity index (χ1v) is 10.8. The van der Waals surface area contributed by atoms with Crippen molar-refractivity contribution < 1.29 is 9.53 Å². The second-order valence-electron chi connectivity index (χ2n) is 6.67. The van der Waals surface area contributed by atoms with Crippen LogP contribution in [0.25, 0.3) is 16.9 Å². The predicted molar refractivity (Wildman–Crippen MR) is 121 cm³/mol. The lowest BCUT2D eigenvalue weighted by molar-refractivity contribution is 0.0946. The maximum Gasteiger partial charge on any atom is 0.274 e. The average Bonchev–Trinajstić information content (AvgIpc) is 3.29. The van der Waals surface area contributed by atoms with Crippen LogP contribution in [0.4, 0.5) is 0 Å². The van der Waals surface area contributed by atoms with Gasteiger partial charge in [-0.3, -0.25) is 9.78 Å². The molecular formula is C23H21N5O2S. The lowest BCUT2D eigenvalue weighted by Crippen LogP contribution is -2.24. The van der Waals surface area contributed by atoms with E-state index in [4.69, 9.17) is 4.74 Å². The minimum absolute atomic E-state index is 0.246. The number of carbonyl (C=O) groups excluding carboxylic acids is 1. The number of nitrogens with one attached hydrogen (secondary N) is 1. The van der Waals surface area contributed by atoms with Gasteiger partial charge < -0.3 is 10.1 Å². The smallest absolute Gasteiger partial charge is 0.274 e. The summed E-state index contributed by atoms with van der Waals surface area (Å²) < 4.78 is 6.84. The SMILES string of the molecule is COc1ccc(CNC(=O)c2nnn(-c3ccc(SC)cc3)c2-c2cccnc2)cc1. The van der Waals surface area contributed by atoms with E-state index in [2.05, 4.69) is 20.6 Å². The fourth-order valence-electron chi connectivity index (χ4n) is 3.11. The highest BCUT2D eigenvalue weighted by Crippen LogP contribution is 2.26. The first kappa shape index (κ1) is 20.6. The molecule has 4 rings (SSSR count). The summed E-state index contributed by atoms with van der Waals surface area (Å²) in [6.45, 7) is 0.366. The van der Waals surface area contributed by atoms with E-state index < -0.39 is 0 Å². The molecule has 2 heterocycles. The number of carbonyl (C=O) groups is 1. The van der Waals surface area contributed by atoms with Crippen molar-refractivity contribution in [3.8, 4) is 22.7 Å². The summed E-state index contributed by atoms with van der Waals surface area (Å²) in [6, 6.07) is 19.2. The lowest BCUT2D eigenvalue weighted by atomic mass is 10.1. The van der Waals surface area contributed by atoms with Crippen molar-refractivity contribution in [1.29, 1.82) is 0 Å². The molecule has 0 aliphatic rings. The van der Waals surface area contributed by atoms with E-state index in [9.17, 15) is 4.79 Å². The Bertz CT molecular complexity index is 1160. The van der Waals surface area contributed by atoms with Crippen LogP contribution in [0.15, 0.2) is 78.0 Å². The van der Waals surface area contributed by atoms with Gasteiger partial charge in [0.05, 0.1) is 12.8 Å². The van der Waals surface area contributed by atoms with Crippen molar-refractivity contribution in [3.05, 3.63) is 84.3 Å². The summed E-state index contributed by atoms with van der Waals surface area (Å²) in [5, 5.41) is 11.4. The molecule has 0 aliphatic heterocycles. The van der Waals surface area contributed by atoms with Gasteiger partial charge in [-0.15, -0.1) is 16.9 Å². The fourth-order valence-corrected chi connectivity index (χ4v) is 3.52. The number of thioether (sulfide) groups is 1. The van der Waals surface area contributed by atoms with Gasteiger partial charge in [0.2, 0.25) is 0 Å². The third-order valence-corrected chi connectivity index (χ3v) is 5.49. The molecular weight excluding hydrogens is 410 g/mol. The number of benzene rings is 2. The zero-order valence-electron chi connectivity index (χ0n) is 17.1. The first-order valence-electron chi connectivity index (χ1n) is 9.61. The molecule has 8 heteroatoms. The number of ether oxygens (including phenoxy) is 1. The molecule has 0 saturated heterocycles. The van der Waals surface area contributed by atoms with Crippen LogP contribution >= 0.6 is 11.8 Å². The van der Waals surface area contributed by atoms with Gasteiger partial charge in [0.25, 0.3) is 5.91 Å². The lowest BCUT2D eigenvalue weighted by Gasteiger charge is -2.09. The van der Waals surface area contributed by atoms with E-state index in [1.54, 1.807) is 35.9 Å². The fraction of sp³-hybridized carbons (Fsp3) is 0.130. The van der Waals surface area contributed by atoms with Crippen LogP contribution in [-0.4, -0.2) is 39.3 Å². The molecule has 0 spiro atoms. The summed E-state index contributed by atoms with van der Waals surface area (Å²) in [5.74, 6) is 0.464. The number of amides is 1. The molecule has 7 nitrogen and oxygen atoms in total. The predicted octanol–water partition coefficient (Wildman–Crippen LogP) is 3.99. The standard InChI is InChI=1S/C23H21N5O2S/c1-30-19-9-5-16(6-10-19)14-25-23(29)21-22(17-4-3-13-24-15-17)28(27-26-21)18-7-11-20(31-2)12-8-18/h3-13,15H,14H2,1-2H3,(H,25,29). The Kier molecular flexibility index (Phi) is 6.28. The van der Waals surface area contributed by atoms with E-state index in [0.29, 0.717) is 12.2 Å². The van der Waals surface area contributed by atoms with Gasteiger partial charge in [-0.1, -0.05) is 17.3 Å². The van der Waals surface area contributed by atoms with E-state index in [1.807, 2.05) is 66.9 Å². The van der Waals surface area contributed by atoms with Gasteiger partial charge in [-0.2, -0.15) is 0 Å². The molecule has 0 atom stereocenters. The Labute approximate surface area is 184 Å². The van der Waals surface area contributed by atoms with Crippen molar-refractivity contribution in [2.45, 2.75) is 11.4 Å². The number of hydrogen-bond donors (Lipinski definition) is 1. The Morgan fingerprint density at radius 3 is 2.52 bits per heavy atom. The Balaban J connectivity index is 1.64. The number of hydrogen-bond acceptors (Lipinski definition) is 6. The van der Waals surface area contributed by atoms with Crippen LogP contribution in [-0.2, 0) is 6.54 Å². The Morgan fingerprint density at radius 1 is 1.10 bits per heavy atom. The van der Waals surface area contributed by atoms with Crippen molar-refractivity contribution in [2.75, 3.05) is 13.4 Å². The summed E-state index contributed by atoms with van der Waals surface area (Å²) in [7, 11) is 1.62. The van der Waals surface area contributed by atoms with Gasteiger partial charge in [0.15, 0.2) is 5.69 Å². The Hall–Kier alpha value is -3.65. The largest absolute Gasteiger partial charge is 0.497 e. The van der Waals surface area contributed by atoms with Gasteiger partial charge in [0.1, 0.15) is 11.4 Å². The van der Waals surface area contributed by atoms with Crippen molar-refractivity contribution in [1.82, 2.24) is 25.3 Å². The van der Waals surface area contributed by atoms with Gasteiger partial charge in [-0.05, 0) is 60.4 Å². The molecule has 0 saturated carbocycles. The monoisotopic (exact) mass is 431 g/mol. The molecule has 31 heavy (non-hydrogen) atoms. The maximum atomic E-state index is 13.0. The van der Waals surface area contributed by atoms with Gasteiger partial charge >= 0.3 is 0 Å². The van der Waals surface area contributed by atoms with Crippen LogP contribution in [0.1, 0.15) is 16.1 Å². The highest BCUT2D eigenvalue weighted by atomic mass is 32.2. The molecule has 0 unspecified atom stereocenters. The number of rotatable bonds is 7.